The molecule has 0 amide bonds. The van der Waals surface area contributed by atoms with Gasteiger partial charge in [-0.25, -0.2) is 18.4 Å². The molecule has 178 valence electrons. The molecule has 34 heavy (non-hydrogen) atoms. The summed E-state index contributed by atoms with van der Waals surface area (Å²) in [5.41, 5.74) is 9.26. The van der Waals surface area contributed by atoms with Crippen molar-refractivity contribution in [2.24, 2.45) is 5.92 Å². The Morgan fingerprint density at radius 1 is 1.18 bits per heavy atom. The quantitative estimate of drug-likeness (QED) is 0.462. The number of imidazole rings is 1. The predicted molar refractivity (Wildman–Crippen MR) is 126 cm³/mol. The van der Waals surface area contributed by atoms with Gasteiger partial charge in [-0.2, -0.15) is 10.1 Å². The summed E-state index contributed by atoms with van der Waals surface area (Å²) in [5.74, 6) is 1.04. The standard InChI is InChI=1S/C23H28FN9O/c1-14(2)23(12-34-13-23)31-8-6-18(16(24)11-31)27-22-28-21(25)20-15(5-9-33(20)30-22)17-3-4-19-26-7-10-32(19)29-17/h3-5,7,9-10,14,16,18H,6,8,11-13H2,1-2H3,(H3,25,27,28,30). The third kappa shape index (κ3) is 3.30. The molecule has 2 fully saturated rings. The number of nitrogens with zero attached hydrogens (tertiary/aromatic N) is 7. The molecule has 0 aromatic carbocycles. The number of hydrogen-bond acceptors (Lipinski definition) is 8. The van der Waals surface area contributed by atoms with Crippen LogP contribution in [0.4, 0.5) is 16.2 Å². The number of rotatable bonds is 5. The Balaban J connectivity index is 1.22. The van der Waals surface area contributed by atoms with Crippen molar-refractivity contribution >= 4 is 22.9 Å². The number of ether oxygens (including phenoxy) is 1. The van der Waals surface area contributed by atoms with Gasteiger partial charge in [0.05, 0.1) is 30.5 Å². The molecule has 6 heterocycles. The zero-order valence-corrected chi connectivity index (χ0v) is 19.2. The van der Waals surface area contributed by atoms with Gasteiger partial charge in [-0.3, -0.25) is 4.90 Å². The number of nitrogen functional groups attached to an aromatic ring is 1. The number of nitrogens with two attached hydrogens (primary N) is 1. The van der Waals surface area contributed by atoms with E-state index in [2.05, 4.69) is 44.2 Å². The summed E-state index contributed by atoms with van der Waals surface area (Å²) in [6, 6.07) is 5.31. The summed E-state index contributed by atoms with van der Waals surface area (Å²) in [6.07, 6.45) is 4.91. The summed E-state index contributed by atoms with van der Waals surface area (Å²) in [6.45, 7) is 6.87. The van der Waals surface area contributed by atoms with Gasteiger partial charge in [0.15, 0.2) is 11.5 Å². The third-order valence-electron chi connectivity index (χ3n) is 7.33. The van der Waals surface area contributed by atoms with E-state index >= 15 is 4.39 Å². The van der Waals surface area contributed by atoms with Crippen molar-refractivity contribution in [3.8, 4) is 11.3 Å². The van der Waals surface area contributed by atoms with Gasteiger partial charge in [0, 0.05) is 37.2 Å². The molecule has 0 aliphatic carbocycles. The van der Waals surface area contributed by atoms with E-state index in [1.165, 1.54) is 0 Å². The van der Waals surface area contributed by atoms with Crippen LogP contribution in [0.25, 0.3) is 22.4 Å². The molecule has 2 aliphatic rings. The lowest BCUT2D eigenvalue weighted by atomic mass is 9.81. The molecule has 2 saturated heterocycles. The second kappa shape index (κ2) is 7.88. The highest BCUT2D eigenvalue weighted by Gasteiger charge is 2.49. The van der Waals surface area contributed by atoms with E-state index in [0.717, 1.165) is 23.4 Å². The first-order valence-electron chi connectivity index (χ1n) is 11.6. The van der Waals surface area contributed by atoms with Crippen LogP contribution in [-0.4, -0.2) is 78.2 Å². The number of piperidine rings is 1. The van der Waals surface area contributed by atoms with Crippen molar-refractivity contribution in [1.29, 1.82) is 0 Å². The highest BCUT2D eigenvalue weighted by molar-refractivity contribution is 5.86. The van der Waals surface area contributed by atoms with E-state index in [0.29, 0.717) is 49.4 Å². The lowest BCUT2D eigenvalue weighted by Crippen LogP contribution is -2.68. The maximum absolute atomic E-state index is 15.2. The lowest BCUT2D eigenvalue weighted by Gasteiger charge is -2.55. The summed E-state index contributed by atoms with van der Waals surface area (Å²) in [5, 5.41) is 12.3. The van der Waals surface area contributed by atoms with Crippen LogP contribution in [0.1, 0.15) is 20.3 Å². The largest absolute Gasteiger partial charge is 0.382 e. The van der Waals surface area contributed by atoms with E-state index in [9.17, 15) is 0 Å². The molecule has 6 rings (SSSR count). The number of alkyl halides is 1. The Hall–Kier alpha value is -3.31. The average molecular weight is 466 g/mol. The van der Waals surface area contributed by atoms with Crippen LogP contribution in [0.3, 0.4) is 0 Å². The topological polar surface area (TPSA) is 111 Å². The van der Waals surface area contributed by atoms with E-state index in [4.69, 9.17) is 10.5 Å². The maximum Gasteiger partial charge on any atom is 0.243 e. The summed E-state index contributed by atoms with van der Waals surface area (Å²) in [7, 11) is 0. The smallest absolute Gasteiger partial charge is 0.243 e. The highest BCUT2D eigenvalue weighted by Crippen LogP contribution is 2.36. The molecule has 10 nitrogen and oxygen atoms in total. The van der Waals surface area contributed by atoms with Crippen LogP contribution >= 0.6 is 0 Å². The molecule has 2 unspecified atom stereocenters. The van der Waals surface area contributed by atoms with E-state index in [1.807, 2.05) is 24.4 Å². The molecule has 0 saturated carbocycles. The maximum atomic E-state index is 15.2. The molecular formula is C23H28FN9O. The minimum absolute atomic E-state index is 0.0511. The van der Waals surface area contributed by atoms with Gasteiger partial charge in [-0.1, -0.05) is 13.8 Å². The van der Waals surface area contributed by atoms with Gasteiger partial charge in [0.1, 0.15) is 11.7 Å². The molecule has 3 N–H and O–H groups in total. The van der Waals surface area contributed by atoms with Crippen molar-refractivity contribution in [1.82, 2.24) is 34.1 Å². The first-order valence-corrected chi connectivity index (χ1v) is 11.6. The SMILES string of the molecule is CC(C)C1(N2CCC(Nc3nc(N)c4c(-c5ccc6nccn6n5)ccn4n3)C(F)C2)COC1. The Kier molecular flexibility index (Phi) is 4.92. The highest BCUT2D eigenvalue weighted by atomic mass is 19.1. The van der Waals surface area contributed by atoms with Crippen molar-refractivity contribution in [3.63, 3.8) is 0 Å². The Labute approximate surface area is 195 Å². The van der Waals surface area contributed by atoms with E-state index in [1.54, 1.807) is 21.4 Å². The van der Waals surface area contributed by atoms with Crippen molar-refractivity contribution < 1.29 is 9.13 Å². The van der Waals surface area contributed by atoms with Gasteiger partial charge in [0.2, 0.25) is 5.95 Å². The number of fused-ring (bicyclic) bond motifs is 2. The Morgan fingerprint density at radius 3 is 2.76 bits per heavy atom. The number of aromatic nitrogens is 6. The molecule has 0 spiro atoms. The van der Waals surface area contributed by atoms with E-state index in [-0.39, 0.29) is 11.6 Å². The Bertz CT molecular complexity index is 1340. The van der Waals surface area contributed by atoms with Gasteiger partial charge >= 0.3 is 0 Å². The van der Waals surface area contributed by atoms with Crippen LogP contribution in [0.2, 0.25) is 0 Å². The van der Waals surface area contributed by atoms with Gasteiger partial charge in [-0.15, -0.1) is 5.10 Å². The first-order chi connectivity index (χ1) is 16.4. The van der Waals surface area contributed by atoms with Crippen LogP contribution in [0.15, 0.2) is 36.8 Å². The summed E-state index contributed by atoms with van der Waals surface area (Å²) < 4.78 is 24.1. The van der Waals surface area contributed by atoms with Crippen LogP contribution in [-0.2, 0) is 4.74 Å². The van der Waals surface area contributed by atoms with E-state index < -0.39 is 6.17 Å². The third-order valence-corrected chi connectivity index (χ3v) is 7.33. The zero-order valence-electron chi connectivity index (χ0n) is 19.2. The van der Waals surface area contributed by atoms with Gasteiger partial charge in [0.25, 0.3) is 0 Å². The fourth-order valence-corrected chi connectivity index (χ4v) is 5.11. The molecule has 0 bridgehead atoms. The molecule has 0 radical (unpaired) electrons. The fourth-order valence-electron chi connectivity index (χ4n) is 5.11. The average Bonchev–Trinajstić information content (AvgIpc) is 3.41. The number of anilines is 2. The monoisotopic (exact) mass is 465 g/mol. The van der Waals surface area contributed by atoms with Crippen LogP contribution in [0.5, 0.6) is 0 Å². The molecule has 11 heteroatoms. The van der Waals surface area contributed by atoms with Crippen molar-refractivity contribution in [3.05, 3.63) is 36.8 Å². The van der Waals surface area contributed by atoms with Crippen LogP contribution < -0.4 is 11.1 Å². The molecule has 2 aliphatic heterocycles. The first kappa shape index (κ1) is 21.2. The summed E-state index contributed by atoms with van der Waals surface area (Å²) >= 11 is 0. The minimum atomic E-state index is -1.04. The molecule has 2 atom stereocenters. The van der Waals surface area contributed by atoms with Crippen molar-refractivity contribution in [2.45, 2.75) is 38.0 Å². The Morgan fingerprint density at radius 2 is 2.03 bits per heavy atom. The van der Waals surface area contributed by atoms with Crippen molar-refractivity contribution in [2.75, 3.05) is 37.4 Å². The number of likely N-dealkylation sites (tertiary alicyclic amines) is 1. The summed E-state index contributed by atoms with van der Waals surface area (Å²) in [4.78, 5) is 10.9. The number of halogens is 1. The number of hydrogen-bond donors (Lipinski definition) is 2. The fraction of sp³-hybridized carbons (Fsp3) is 0.478. The zero-order chi connectivity index (χ0) is 23.4. The second-order valence-corrected chi connectivity index (χ2v) is 9.54. The molecular weight excluding hydrogens is 437 g/mol. The second-order valence-electron chi connectivity index (χ2n) is 9.54. The van der Waals surface area contributed by atoms with Gasteiger partial charge < -0.3 is 15.8 Å². The van der Waals surface area contributed by atoms with Crippen LogP contribution in [0, 0.1) is 5.92 Å². The normalized spacial score (nSPS) is 22.9. The number of nitrogens with one attached hydrogen (secondary N) is 1. The lowest BCUT2D eigenvalue weighted by molar-refractivity contribution is -0.173. The molecule has 4 aromatic heterocycles. The minimum Gasteiger partial charge on any atom is -0.382 e. The molecule has 4 aromatic rings. The predicted octanol–water partition coefficient (Wildman–Crippen LogP) is 2.27. The van der Waals surface area contributed by atoms with Gasteiger partial charge in [-0.05, 0) is 30.5 Å².